The number of amides is 2. The molecule has 0 aliphatic carbocycles. The molecule has 5 rings (SSSR count). The number of aliphatic hydroxyl groups is 1. The summed E-state index contributed by atoms with van der Waals surface area (Å²) in [5, 5.41) is 13.3. The third-order valence-corrected chi connectivity index (χ3v) is 6.17. The smallest absolute Gasteiger partial charge is 0.253 e. The molecule has 1 aromatic heterocycles. The molecule has 176 valence electrons. The second kappa shape index (κ2) is 9.66. The van der Waals surface area contributed by atoms with Crippen molar-refractivity contribution >= 4 is 22.7 Å². The molecule has 0 spiro atoms. The van der Waals surface area contributed by atoms with E-state index in [-0.39, 0.29) is 12.7 Å². The van der Waals surface area contributed by atoms with Gasteiger partial charge in [-0.25, -0.2) is 0 Å². The lowest BCUT2D eigenvalue weighted by molar-refractivity contribution is -0.136. The molecule has 0 radical (unpaired) electrons. The van der Waals surface area contributed by atoms with E-state index in [1.54, 1.807) is 11.0 Å². The number of ether oxygens (including phenoxy) is 2. The Hall–Kier alpha value is -3.69. The maximum absolute atomic E-state index is 13.0. The molecule has 3 heterocycles. The highest BCUT2D eigenvalue weighted by atomic mass is 16.7. The molecule has 2 amide bonds. The Morgan fingerprint density at radius 1 is 1.03 bits per heavy atom. The van der Waals surface area contributed by atoms with Crippen LogP contribution in [0.25, 0.3) is 10.9 Å². The predicted molar refractivity (Wildman–Crippen MR) is 125 cm³/mol. The number of benzene rings is 2. The number of carbonyl (C=O) groups excluding carboxylic acids is 2. The minimum Gasteiger partial charge on any atom is -0.454 e. The van der Waals surface area contributed by atoms with Crippen molar-refractivity contribution in [3.8, 4) is 11.5 Å². The van der Waals surface area contributed by atoms with Crippen LogP contribution in [0.15, 0.2) is 54.7 Å². The first-order chi connectivity index (χ1) is 16.6. The minimum absolute atomic E-state index is 0.250. The van der Waals surface area contributed by atoms with Crippen LogP contribution in [0.3, 0.4) is 0 Å². The molecular weight excluding hydrogens is 436 g/mol. The Bertz CT molecular complexity index is 1210. The largest absolute Gasteiger partial charge is 0.454 e. The number of pyridine rings is 1. The summed E-state index contributed by atoms with van der Waals surface area (Å²) in [7, 11) is 0. The molecular formula is C25H26N4O5. The molecule has 0 unspecified atom stereocenters. The van der Waals surface area contributed by atoms with Gasteiger partial charge in [0.15, 0.2) is 11.5 Å². The number of carbonyl (C=O) groups is 2. The van der Waals surface area contributed by atoms with E-state index in [0.29, 0.717) is 31.7 Å². The van der Waals surface area contributed by atoms with Gasteiger partial charge in [-0.05, 0) is 29.8 Å². The van der Waals surface area contributed by atoms with Gasteiger partial charge >= 0.3 is 0 Å². The van der Waals surface area contributed by atoms with Crippen LogP contribution in [-0.4, -0.2) is 77.3 Å². The molecule has 3 aromatic rings. The summed E-state index contributed by atoms with van der Waals surface area (Å²) in [6.07, 6.45) is 1.48. The molecule has 34 heavy (non-hydrogen) atoms. The number of aromatic nitrogens is 1. The fourth-order valence-electron chi connectivity index (χ4n) is 4.27. The lowest BCUT2D eigenvalue weighted by Crippen LogP contribution is -2.55. The van der Waals surface area contributed by atoms with Crippen LogP contribution in [0.2, 0.25) is 0 Å². The second-order valence-electron chi connectivity index (χ2n) is 8.41. The topological polar surface area (TPSA) is 104 Å². The predicted octanol–water partition coefficient (Wildman–Crippen LogP) is 1.40. The van der Waals surface area contributed by atoms with Gasteiger partial charge in [-0.1, -0.05) is 24.3 Å². The summed E-state index contributed by atoms with van der Waals surface area (Å²) in [4.78, 5) is 34.0. The van der Waals surface area contributed by atoms with Gasteiger partial charge < -0.3 is 24.8 Å². The maximum atomic E-state index is 13.0. The van der Waals surface area contributed by atoms with Gasteiger partial charge in [0.25, 0.3) is 5.91 Å². The van der Waals surface area contributed by atoms with Gasteiger partial charge in [-0.15, -0.1) is 0 Å². The van der Waals surface area contributed by atoms with Crippen molar-refractivity contribution in [2.24, 2.45) is 0 Å². The first-order valence-electron chi connectivity index (χ1n) is 11.3. The summed E-state index contributed by atoms with van der Waals surface area (Å²) in [5.74, 6) is 0.796. The van der Waals surface area contributed by atoms with Crippen molar-refractivity contribution < 1.29 is 24.2 Å². The molecule has 1 atom stereocenters. The van der Waals surface area contributed by atoms with Gasteiger partial charge in [0, 0.05) is 44.3 Å². The number of fused-ring (bicyclic) bond motifs is 2. The quantitative estimate of drug-likeness (QED) is 0.571. The Morgan fingerprint density at radius 2 is 1.82 bits per heavy atom. The number of rotatable bonds is 6. The Balaban J connectivity index is 1.16. The van der Waals surface area contributed by atoms with Crippen molar-refractivity contribution in [3.05, 3.63) is 65.9 Å². The Morgan fingerprint density at radius 3 is 2.65 bits per heavy atom. The molecule has 2 aliphatic rings. The minimum atomic E-state index is -1.00. The first kappa shape index (κ1) is 22.1. The van der Waals surface area contributed by atoms with E-state index in [9.17, 15) is 14.7 Å². The van der Waals surface area contributed by atoms with Gasteiger partial charge in [-0.3, -0.25) is 19.5 Å². The van der Waals surface area contributed by atoms with Crippen molar-refractivity contribution in [1.82, 2.24) is 20.1 Å². The summed E-state index contributed by atoms with van der Waals surface area (Å²) in [5.41, 5.74) is 2.25. The number of piperazine rings is 1. The maximum Gasteiger partial charge on any atom is 0.253 e. The van der Waals surface area contributed by atoms with Crippen molar-refractivity contribution in [1.29, 1.82) is 0 Å². The summed E-state index contributed by atoms with van der Waals surface area (Å²) in [6, 6.07) is 14.1. The average molecular weight is 463 g/mol. The molecule has 0 bridgehead atoms. The van der Waals surface area contributed by atoms with Crippen LogP contribution in [0.1, 0.15) is 15.9 Å². The van der Waals surface area contributed by atoms with Gasteiger partial charge in [0.1, 0.15) is 6.04 Å². The summed E-state index contributed by atoms with van der Waals surface area (Å²) >= 11 is 0. The lowest BCUT2D eigenvalue weighted by atomic mass is 10.1. The van der Waals surface area contributed by atoms with Crippen LogP contribution >= 0.6 is 0 Å². The highest BCUT2D eigenvalue weighted by molar-refractivity contribution is 5.99. The van der Waals surface area contributed by atoms with E-state index >= 15 is 0 Å². The van der Waals surface area contributed by atoms with Crippen LogP contribution in [-0.2, 0) is 11.3 Å². The number of nitrogens with zero attached hydrogens (tertiary/aromatic N) is 3. The Kier molecular flexibility index (Phi) is 6.29. The molecule has 0 saturated carbocycles. The van der Waals surface area contributed by atoms with Crippen LogP contribution < -0.4 is 14.8 Å². The normalized spacial score (nSPS) is 16.4. The Labute approximate surface area is 196 Å². The van der Waals surface area contributed by atoms with Gasteiger partial charge in [-0.2, -0.15) is 0 Å². The van der Waals surface area contributed by atoms with E-state index in [1.165, 1.54) is 6.20 Å². The molecule has 1 fully saturated rings. The van der Waals surface area contributed by atoms with Gasteiger partial charge in [0.2, 0.25) is 12.7 Å². The molecule has 2 aromatic carbocycles. The number of hydrogen-bond acceptors (Lipinski definition) is 7. The molecule has 2 N–H and O–H groups in total. The zero-order valence-electron chi connectivity index (χ0n) is 18.6. The van der Waals surface area contributed by atoms with E-state index in [4.69, 9.17) is 9.47 Å². The number of para-hydroxylation sites is 1. The first-order valence-corrected chi connectivity index (χ1v) is 11.3. The molecule has 2 aliphatic heterocycles. The standard InChI is InChI=1S/C25H26N4O5/c30-15-21(27-24(31)19-12-18-3-1-2-4-20(18)26-13-19)25(32)29-9-7-28(8-10-29)14-17-5-6-22-23(11-17)34-16-33-22/h1-6,11-13,21,30H,7-10,14-16H2,(H,27,31)/t21-/m0/s1. The fraction of sp³-hybridized carbons (Fsp3) is 0.320. The third kappa shape index (κ3) is 4.66. The zero-order chi connectivity index (χ0) is 23.5. The van der Waals surface area contributed by atoms with Crippen molar-refractivity contribution in [2.75, 3.05) is 39.6 Å². The zero-order valence-corrected chi connectivity index (χ0v) is 18.6. The van der Waals surface area contributed by atoms with E-state index < -0.39 is 18.6 Å². The summed E-state index contributed by atoms with van der Waals surface area (Å²) in [6.45, 7) is 2.96. The highest BCUT2D eigenvalue weighted by Crippen LogP contribution is 2.32. The van der Waals surface area contributed by atoms with Crippen molar-refractivity contribution in [3.63, 3.8) is 0 Å². The van der Waals surface area contributed by atoms with E-state index in [2.05, 4.69) is 15.2 Å². The monoisotopic (exact) mass is 462 g/mol. The summed E-state index contributed by atoms with van der Waals surface area (Å²) < 4.78 is 10.8. The molecule has 1 saturated heterocycles. The van der Waals surface area contributed by atoms with Crippen LogP contribution in [0.5, 0.6) is 11.5 Å². The third-order valence-electron chi connectivity index (χ3n) is 6.17. The number of nitrogens with one attached hydrogen (secondary N) is 1. The second-order valence-corrected chi connectivity index (χ2v) is 8.41. The van der Waals surface area contributed by atoms with Crippen LogP contribution in [0.4, 0.5) is 0 Å². The average Bonchev–Trinajstić information content (AvgIpc) is 3.35. The van der Waals surface area contributed by atoms with E-state index in [1.807, 2.05) is 42.5 Å². The lowest BCUT2D eigenvalue weighted by Gasteiger charge is -2.36. The SMILES string of the molecule is O=C(N[C@@H](CO)C(=O)N1CCN(Cc2ccc3c(c2)OCO3)CC1)c1cnc2ccccc2c1. The fourth-order valence-corrected chi connectivity index (χ4v) is 4.27. The van der Waals surface area contributed by atoms with E-state index in [0.717, 1.165) is 34.5 Å². The molecule has 9 nitrogen and oxygen atoms in total. The number of aliphatic hydroxyl groups excluding tert-OH is 1. The van der Waals surface area contributed by atoms with Gasteiger partial charge in [0.05, 0.1) is 17.7 Å². The highest BCUT2D eigenvalue weighted by Gasteiger charge is 2.29. The molecule has 9 heteroatoms. The van der Waals surface area contributed by atoms with Crippen molar-refractivity contribution in [2.45, 2.75) is 12.6 Å². The van der Waals surface area contributed by atoms with Crippen LogP contribution in [0, 0.1) is 0 Å². The number of hydrogen-bond donors (Lipinski definition) is 2.